The monoisotopic (exact) mass is 278 g/mol. The molecule has 1 aromatic rings. The fourth-order valence-corrected chi connectivity index (χ4v) is 3.00. The van der Waals surface area contributed by atoms with Crippen molar-refractivity contribution in [1.29, 1.82) is 0 Å². The third-order valence-electron chi connectivity index (χ3n) is 1.54. The molecule has 0 saturated heterocycles. The molecule has 0 unspecified atom stereocenters. The number of aromatic nitrogens is 2. The molecule has 0 aliphatic rings. The number of hydrogen-bond donors (Lipinski definition) is 1. The fourth-order valence-electron chi connectivity index (χ4n) is 0.845. The molecular formula is C5H5F3N2O4S2. The highest BCUT2D eigenvalue weighted by Gasteiger charge is 2.49. The lowest BCUT2D eigenvalue weighted by Crippen LogP contribution is -2.24. The summed E-state index contributed by atoms with van der Waals surface area (Å²) >= 11 is 0. The predicted octanol–water partition coefficient (Wildman–Crippen LogP) is 0.107. The quantitative estimate of drug-likeness (QED) is 0.828. The Morgan fingerprint density at radius 1 is 1.25 bits per heavy atom. The van der Waals surface area contributed by atoms with Crippen LogP contribution in [0.5, 0.6) is 0 Å². The SMILES string of the molecule is CS(=O)(=O)c1[nH]ncc1S(=O)(=O)C(F)(F)F. The zero-order chi connectivity index (χ0) is 12.8. The van der Waals surface area contributed by atoms with E-state index in [1.165, 1.54) is 0 Å². The topological polar surface area (TPSA) is 97.0 Å². The van der Waals surface area contributed by atoms with Crippen LogP contribution in [0.15, 0.2) is 16.1 Å². The molecule has 0 aromatic carbocycles. The number of nitrogens with one attached hydrogen (secondary N) is 1. The molecule has 1 N–H and O–H groups in total. The van der Waals surface area contributed by atoms with Crippen LogP contribution >= 0.6 is 0 Å². The number of rotatable bonds is 2. The highest BCUT2D eigenvalue weighted by Crippen LogP contribution is 2.32. The fraction of sp³-hybridized carbons (Fsp3) is 0.400. The van der Waals surface area contributed by atoms with Crippen molar-refractivity contribution in [2.75, 3.05) is 6.26 Å². The van der Waals surface area contributed by atoms with Gasteiger partial charge in [0.25, 0.3) is 9.84 Å². The number of aromatic amines is 1. The van der Waals surface area contributed by atoms with Crippen LogP contribution < -0.4 is 0 Å². The van der Waals surface area contributed by atoms with E-state index >= 15 is 0 Å². The summed E-state index contributed by atoms with van der Waals surface area (Å²) in [5.41, 5.74) is -5.57. The van der Waals surface area contributed by atoms with Crippen LogP contribution in [0.25, 0.3) is 0 Å². The van der Waals surface area contributed by atoms with Crippen molar-refractivity contribution in [1.82, 2.24) is 10.2 Å². The van der Waals surface area contributed by atoms with E-state index in [0.717, 1.165) is 0 Å². The van der Waals surface area contributed by atoms with Crippen LogP contribution in [0, 0.1) is 0 Å². The van der Waals surface area contributed by atoms with Gasteiger partial charge in [0.15, 0.2) is 14.9 Å². The van der Waals surface area contributed by atoms with Gasteiger partial charge in [-0.1, -0.05) is 0 Å². The Kier molecular flexibility index (Phi) is 2.79. The Hall–Kier alpha value is -1.10. The van der Waals surface area contributed by atoms with Gasteiger partial charge in [0.1, 0.15) is 4.90 Å². The zero-order valence-corrected chi connectivity index (χ0v) is 9.24. The van der Waals surface area contributed by atoms with E-state index in [-0.39, 0.29) is 0 Å². The van der Waals surface area contributed by atoms with Gasteiger partial charge in [0, 0.05) is 6.26 Å². The van der Waals surface area contributed by atoms with E-state index in [2.05, 4.69) is 5.10 Å². The maximum Gasteiger partial charge on any atom is 0.502 e. The summed E-state index contributed by atoms with van der Waals surface area (Å²) in [5.74, 6) is 0. The average Bonchev–Trinajstić information content (AvgIpc) is 2.47. The first-order valence-corrected chi connectivity index (χ1v) is 6.90. The van der Waals surface area contributed by atoms with Crippen molar-refractivity contribution >= 4 is 19.7 Å². The van der Waals surface area contributed by atoms with Crippen molar-refractivity contribution in [3.05, 3.63) is 6.20 Å². The molecule has 16 heavy (non-hydrogen) atoms. The molecule has 0 aliphatic carbocycles. The summed E-state index contributed by atoms with van der Waals surface area (Å²) in [7, 11) is -9.85. The van der Waals surface area contributed by atoms with Gasteiger partial charge < -0.3 is 0 Å². The van der Waals surface area contributed by atoms with Gasteiger partial charge in [0.2, 0.25) is 0 Å². The normalized spacial score (nSPS) is 14.0. The number of alkyl halides is 3. The lowest BCUT2D eigenvalue weighted by atomic mass is 10.7. The van der Waals surface area contributed by atoms with Crippen molar-refractivity contribution in [3.63, 3.8) is 0 Å². The second-order valence-corrected chi connectivity index (χ2v) is 6.65. The smallest absolute Gasteiger partial charge is 0.266 e. The molecule has 0 fully saturated rings. The molecule has 0 aliphatic heterocycles. The molecule has 1 heterocycles. The molecule has 1 rings (SSSR count). The predicted molar refractivity (Wildman–Crippen MR) is 44.9 cm³/mol. The van der Waals surface area contributed by atoms with E-state index < -0.39 is 35.1 Å². The summed E-state index contributed by atoms with van der Waals surface area (Å²) < 4.78 is 80.3. The molecular weight excluding hydrogens is 273 g/mol. The van der Waals surface area contributed by atoms with Crippen molar-refractivity contribution in [2.45, 2.75) is 15.4 Å². The minimum absolute atomic E-state index is 0.305. The average molecular weight is 278 g/mol. The molecule has 0 radical (unpaired) electrons. The molecule has 0 saturated carbocycles. The van der Waals surface area contributed by atoms with Gasteiger partial charge in [-0.15, -0.1) is 0 Å². The Morgan fingerprint density at radius 3 is 2.12 bits per heavy atom. The number of halogens is 3. The van der Waals surface area contributed by atoms with Gasteiger partial charge in [-0.05, 0) is 0 Å². The first-order valence-electron chi connectivity index (χ1n) is 3.52. The first kappa shape index (κ1) is 13.0. The number of nitrogens with zero attached hydrogens (tertiary/aromatic N) is 1. The highest BCUT2D eigenvalue weighted by atomic mass is 32.2. The Balaban J connectivity index is 3.56. The molecule has 0 amide bonds. The minimum Gasteiger partial charge on any atom is -0.266 e. The third kappa shape index (κ3) is 2.04. The third-order valence-corrected chi connectivity index (χ3v) is 4.22. The summed E-state index contributed by atoms with van der Waals surface area (Å²) in [5, 5.41) is 3.61. The van der Waals surface area contributed by atoms with E-state index in [0.29, 0.717) is 12.5 Å². The maximum atomic E-state index is 12.1. The van der Waals surface area contributed by atoms with Gasteiger partial charge in [0.05, 0.1) is 6.20 Å². The van der Waals surface area contributed by atoms with Crippen LogP contribution in [0.4, 0.5) is 13.2 Å². The van der Waals surface area contributed by atoms with E-state index in [9.17, 15) is 30.0 Å². The Morgan fingerprint density at radius 2 is 1.75 bits per heavy atom. The second-order valence-electron chi connectivity index (χ2n) is 2.78. The molecule has 0 spiro atoms. The number of H-pyrrole nitrogens is 1. The highest BCUT2D eigenvalue weighted by molar-refractivity contribution is 7.94. The molecule has 1 aromatic heterocycles. The molecule has 0 bridgehead atoms. The van der Waals surface area contributed by atoms with E-state index in [4.69, 9.17) is 0 Å². The minimum atomic E-state index is -5.72. The second kappa shape index (κ2) is 3.45. The van der Waals surface area contributed by atoms with Crippen LogP contribution in [-0.2, 0) is 19.7 Å². The maximum absolute atomic E-state index is 12.1. The van der Waals surface area contributed by atoms with Crippen LogP contribution in [-0.4, -0.2) is 38.8 Å². The molecule has 92 valence electrons. The van der Waals surface area contributed by atoms with Crippen LogP contribution in [0.2, 0.25) is 0 Å². The van der Waals surface area contributed by atoms with Crippen molar-refractivity contribution in [2.24, 2.45) is 0 Å². The molecule has 6 nitrogen and oxygen atoms in total. The lowest BCUT2D eigenvalue weighted by molar-refractivity contribution is -0.0437. The van der Waals surface area contributed by atoms with Gasteiger partial charge in [-0.25, -0.2) is 16.8 Å². The summed E-state index contributed by atoms with van der Waals surface area (Å²) in [6.07, 6.45) is 0.870. The Labute approximate surface area is 88.3 Å². The van der Waals surface area contributed by atoms with E-state index in [1.807, 2.05) is 0 Å². The number of sulfone groups is 2. The van der Waals surface area contributed by atoms with Gasteiger partial charge in [-0.3, -0.25) is 5.10 Å². The first-order chi connectivity index (χ1) is 6.98. The summed E-state index contributed by atoms with van der Waals surface area (Å²) in [6, 6.07) is 0. The summed E-state index contributed by atoms with van der Waals surface area (Å²) in [4.78, 5) is -1.40. The summed E-state index contributed by atoms with van der Waals surface area (Å²) in [6.45, 7) is 0. The standard InChI is InChI=1S/C5H5F3N2O4S2/c1-15(11,12)4-3(2-9-10-4)16(13,14)5(6,7)8/h2H,1H3,(H,9,10). The van der Waals surface area contributed by atoms with Gasteiger partial charge >= 0.3 is 5.51 Å². The zero-order valence-electron chi connectivity index (χ0n) is 7.61. The van der Waals surface area contributed by atoms with Crippen molar-refractivity contribution in [3.8, 4) is 0 Å². The lowest BCUT2D eigenvalue weighted by Gasteiger charge is -2.06. The molecule has 11 heteroatoms. The van der Waals surface area contributed by atoms with E-state index in [1.54, 1.807) is 5.10 Å². The Bertz CT molecular complexity index is 598. The van der Waals surface area contributed by atoms with Crippen LogP contribution in [0.3, 0.4) is 0 Å². The van der Waals surface area contributed by atoms with Gasteiger partial charge in [-0.2, -0.15) is 18.3 Å². The largest absolute Gasteiger partial charge is 0.502 e. The molecule has 0 atom stereocenters. The van der Waals surface area contributed by atoms with Crippen molar-refractivity contribution < 1.29 is 30.0 Å². The van der Waals surface area contributed by atoms with Crippen LogP contribution in [0.1, 0.15) is 0 Å². The number of hydrogen-bond acceptors (Lipinski definition) is 5.